The molecule has 0 saturated carbocycles. The van der Waals surface area contributed by atoms with Crippen LogP contribution in [0.3, 0.4) is 0 Å². The summed E-state index contributed by atoms with van der Waals surface area (Å²) in [6.07, 6.45) is 2.18. The van der Waals surface area contributed by atoms with Gasteiger partial charge in [0.1, 0.15) is 5.75 Å². The van der Waals surface area contributed by atoms with E-state index < -0.39 is 0 Å². The van der Waals surface area contributed by atoms with E-state index in [2.05, 4.69) is 49.1 Å². The fraction of sp³-hybridized carbons (Fsp3) is 0.429. The van der Waals surface area contributed by atoms with Crippen molar-refractivity contribution >= 4 is 5.69 Å². The second kappa shape index (κ2) is 7.27. The third kappa shape index (κ3) is 3.90. The number of methoxy groups -OCH3 is 1. The van der Waals surface area contributed by atoms with Gasteiger partial charge in [-0.3, -0.25) is 0 Å². The van der Waals surface area contributed by atoms with Crippen molar-refractivity contribution in [2.45, 2.75) is 32.7 Å². The summed E-state index contributed by atoms with van der Waals surface area (Å²) < 4.78 is 5.36. The molecule has 2 aromatic rings. The summed E-state index contributed by atoms with van der Waals surface area (Å²) in [5.74, 6) is 1.49. The van der Waals surface area contributed by atoms with Crippen molar-refractivity contribution in [3.8, 4) is 5.75 Å². The van der Waals surface area contributed by atoms with Crippen LogP contribution in [0.1, 0.15) is 23.1 Å². The molecule has 0 aliphatic carbocycles. The Hall–Kier alpha value is -2.00. The van der Waals surface area contributed by atoms with Crippen molar-refractivity contribution in [3.63, 3.8) is 0 Å². The van der Waals surface area contributed by atoms with Crippen molar-refractivity contribution in [2.24, 2.45) is 11.7 Å². The number of piperidine rings is 1. The van der Waals surface area contributed by atoms with Crippen LogP contribution in [0, 0.1) is 19.8 Å². The highest BCUT2D eigenvalue weighted by Crippen LogP contribution is 2.28. The molecule has 2 N–H and O–H groups in total. The Kier molecular flexibility index (Phi) is 5.10. The van der Waals surface area contributed by atoms with Gasteiger partial charge in [-0.25, -0.2) is 0 Å². The average Bonchev–Trinajstić information content (AvgIpc) is 2.58. The number of aryl methyl sites for hydroxylation is 2. The normalized spacial score (nSPS) is 20.9. The van der Waals surface area contributed by atoms with Gasteiger partial charge in [-0.05, 0) is 61.4 Å². The SMILES string of the molecule is COc1cccc(N2CC(N)CC(Cc3ccc(C)c(C)c3)C2)c1. The molecule has 24 heavy (non-hydrogen) atoms. The molecule has 0 aromatic heterocycles. The molecule has 2 unspecified atom stereocenters. The Bertz CT molecular complexity index is 698. The van der Waals surface area contributed by atoms with E-state index in [1.807, 2.05) is 12.1 Å². The molecule has 2 aromatic carbocycles. The Morgan fingerprint density at radius 2 is 1.92 bits per heavy atom. The lowest BCUT2D eigenvalue weighted by Crippen LogP contribution is -2.47. The molecule has 1 saturated heterocycles. The topological polar surface area (TPSA) is 38.5 Å². The summed E-state index contributed by atoms with van der Waals surface area (Å²) in [7, 11) is 1.71. The fourth-order valence-electron chi connectivity index (χ4n) is 3.68. The standard InChI is InChI=1S/C21H28N2O/c1-15-7-8-17(9-16(15)2)10-18-11-19(22)14-23(13-18)20-5-4-6-21(12-20)24-3/h4-9,12,18-19H,10-11,13-14,22H2,1-3H3. The van der Waals surface area contributed by atoms with Crippen LogP contribution in [0.15, 0.2) is 42.5 Å². The molecule has 3 nitrogen and oxygen atoms in total. The monoisotopic (exact) mass is 324 g/mol. The first-order valence-corrected chi connectivity index (χ1v) is 8.76. The first-order valence-electron chi connectivity index (χ1n) is 8.76. The molecule has 0 amide bonds. The minimum atomic E-state index is 0.224. The minimum absolute atomic E-state index is 0.224. The van der Waals surface area contributed by atoms with E-state index in [9.17, 15) is 0 Å². The molecule has 1 aliphatic heterocycles. The highest BCUT2D eigenvalue weighted by Gasteiger charge is 2.25. The van der Waals surface area contributed by atoms with E-state index in [0.717, 1.165) is 31.7 Å². The van der Waals surface area contributed by atoms with Crippen LogP contribution in [0.4, 0.5) is 5.69 Å². The van der Waals surface area contributed by atoms with Crippen LogP contribution in [0.25, 0.3) is 0 Å². The van der Waals surface area contributed by atoms with Crippen LogP contribution < -0.4 is 15.4 Å². The zero-order valence-corrected chi connectivity index (χ0v) is 15.0. The summed E-state index contributed by atoms with van der Waals surface area (Å²) in [6, 6.07) is 15.3. The lowest BCUT2D eigenvalue weighted by Gasteiger charge is -2.38. The Labute approximate surface area is 145 Å². The van der Waals surface area contributed by atoms with Crippen LogP contribution in [-0.4, -0.2) is 26.2 Å². The fourth-order valence-corrected chi connectivity index (χ4v) is 3.68. The van der Waals surface area contributed by atoms with Crippen molar-refractivity contribution in [3.05, 3.63) is 59.2 Å². The minimum Gasteiger partial charge on any atom is -0.497 e. The predicted molar refractivity (Wildman–Crippen MR) is 101 cm³/mol. The summed E-state index contributed by atoms with van der Waals surface area (Å²) in [5.41, 5.74) is 11.7. The number of ether oxygens (including phenoxy) is 1. The van der Waals surface area contributed by atoms with E-state index in [0.29, 0.717) is 5.92 Å². The zero-order valence-electron chi connectivity index (χ0n) is 15.0. The predicted octanol–water partition coefficient (Wildman–Crippen LogP) is 3.71. The molecule has 1 heterocycles. The van der Waals surface area contributed by atoms with Gasteiger partial charge < -0.3 is 15.4 Å². The molecule has 3 rings (SSSR count). The second-order valence-corrected chi connectivity index (χ2v) is 7.09. The van der Waals surface area contributed by atoms with E-state index in [1.54, 1.807) is 7.11 Å². The Morgan fingerprint density at radius 3 is 2.67 bits per heavy atom. The lowest BCUT2D eigenvalue weighted by molar-refractivity contribution is 0.373. The number of nitrogens with two attached hydrogens (primary N) is 1. The number of rotatable bonds is 4. The van der Waals surface area contributed by atoms with Gasteiger partial charge in [-0.15, -0.1) is 0 Å². The Balaban J connectivity index is 1.74. The maximum atomic E-state index is 6.36. The summed E-state index contributed by atoms with van der Waals surface area (Å²) in [4.78, 5) is 2.41. The molecule has 1 aliphatic rings. The quantitative estimate of drug-likeness (QED) is 0.932. The van der Waals surface area contributed by atoms with Crippen molar-refractivity contribution < 1.29 is 4.74 Å². The van der Waals surface area contributed by atoms with E-state index >= 15 is 0 Å². The molecule has 128 valence electrons. The highest BCUT2D eigenvalue weighted by atomic mass is 16.5. The lowest BCUT2D eigenvalue weighted by atomic mass is 9.88. The van der Waals surface area contributed by atoms with Crippen molar-refractivity contribution in [2.75, 3.05) is 25.1 Å². The number of hydrogen-bond acceptors (Lipinski definition) is 3. The smallest absolute Gasteiger partial charge is 0.120 e. The third-order valence-corrected chi connectivity index (χ3v) is 5.08. The van der Waals surface area contributed by atoms with Gasteiger partial charge in [0.25, 0.3) is 0 Å². The number of hydrogen-bond donors (Lipinski definition) is 1. The van der Waals surface area contributed by atoms with Gasteiger partial charge in [0.2, 0.25) is 0 Å². The first-order chi connectivity index (χ1) is 11.5. The molecule has 0 spiro atoms. The molecule has 2 atom stereocenters. The molecule has 3 heteroatoms. The second-order valence-electron chi connectivity index (χ2n) is 7.09. The maximum absolute atomic E-state index is 6.36. The summed E-state index contributed by atoms with van der Waals surface area (Å²) >= 11 is 0. The third-order valence-electron chi connectivity index (χ3n) is 5.08. The first kappa shape index (κ1) is 16.8. The van der Waals surface area contributed by atoms with Crippen LogP contribution in [0.2, 0.25) is 0 Å². The van der Waals surface area contributed by atoms with E-state index in [4.69, 9.17) is 10.5 Å². The number of anilines is 1. The summed E-state index contributed by atoms with van der Waals surface area (Å²) in [5, 5.41) is 0. The molecular weight excluding hydrogens is 296 g/mol. The van der Waals surface area contributed by atoms with Gasteiger partial charge in [-0.2, -0.15) is 0 Å². The van der Waals surface area contributed by atoms with Gasteiger partial charge in [0, 0.05) is 30.9 Å². The number of benzene rings is 2. The van der Waals surface area contributed by atoms with Crippen molar-refractivity contribution in [1.29, 1.82) is 0 Å². The molecular formula is C21H28N2O. The van der Waals surface area contributed by atoms with Gasteiger partial charge in [-0.1, -0.05) is 24.3 Å². The van der Waals surface area contributed by atoms with E-state index in [1.165, 1.54) is 22.4 Å². The largest absolute Gasteiger partial charge is 0.497 e. The van der Waals surface area contributed by atoms with Crippen LogP contribution >= 0.6 is 0 Å². The average molecular weight is 324 g/mol. The van der Waals surface area contributed by atoms with Gasteiger partial charge in [0.05, 0.1) is 7.11 Å². The van der Waals surface area contributed by atoms with Crippen LogP contribution in [-0.2, 0) is 6.42 Å². The molecule has 0 radical (unpaired) electrons. The summed E-state index contributed by atoms with van der Waals surface area (Å²) in [6.45, 7) is 6.32. The Morgan fingerprint density at radius 1 is 1.08 bits per heavy atom. The zero-order chi connectivity index (χ0) is 17.1. The molecule has 1 fully saturated rings. The van der Waals surface area contributed by atoms with Gasteiger partial charge in [0.15, 0.2) is 0 Å². The molecule has 0 bridgehead atoms. The van der Waals surface area contributed by atoms with Crippen molar-refractivity contribution in [1.82, 2.24) is 0 Å². The highest BCUT2D eigenvalue weighted by molar-refractivity contribution is 5.51. The maximum Gasteiger partial charge on any atom is 0.120 e. The van der Waals surface area contributed by atoms with Gasteiger partial charge >= 0.3 is 0 Å². The van der Waals surface area contributed by atoms with E-state index in [-0.39, 0.29) is 6.04 Å². The van der Waals surface area contributed by atoms with Crippen LogP contribution in [0.5, 0.6) is 5.75 Å². The number of nitrogens with zero attached hydrogens (tertiary/aromatic N) is 1.